The largest absolute Gasteiger partial charge is 0.387 e. The Labute approximate surface area is 248 Å². The highest BCUT2D eigenvalue weighted by molar-refractivity contribution is 5.90. The Balaban J connectivity index is 1.24. The van der Waals surface area contributed by atoms with Crippen molar-refractivity contribution in [1.82, 2.24) is 10.6 Å². The van der Waals surface area contributed by atoms with E-state index in [2.05, 4.69) is 131 Å². The Hall–Kier alpha value is -4.92. The van der Waals surface area contributed by atoms with Crippen molar-refractivity contribution in [3.63, 3.8) is 0 Å². The minimum absolute atomic E-state index is 0.168. The van der Waals surface area contributed by atoms with Crippen molar-refractivity contribution in [2.45, 2.75) is 19.3 Å². The summed E-state index contributed by atoms with van der Waals surface area (Å²) in [7, 11) is 0. The van der Waals surface area contributed by atoms with Gasteiger partial charge in [-0.1, -0.05) is 96.0 Å². The number of nitrogens with one attached hydrogen (secondary N) is 2. The maximum Gasteiger partial charge on any atom is 0.0764 e. The van der Waals surface area contributed by atoms with E-state index in [0.717, 1.165) is 49.1 Å². The molecule has 0 spiro atoms. The molecule has 5 aliphatic carbocycles. The van der Waals surface area contributed by atoms with Gasteiger partial charge in [0.05, 0.1) is 11.1 Å². The van der Waals surface area contributed by atoms with E-state index in [-0.39, 0.29) is 11.8 Å². The van der Waals surface area contributed by atoms with E-state index in [1.165, 1.54) is 44.6 Å². The molecule has 1 aromatic rings. The van der Waals surface area contributed by atoms with Crippen molar-refractivity contribution in [1.29, 1.82) is 0 Å². The highest BCUT2D eigenvalue weighted by Crippen LogP contribution is 2.53. The van der Waals surface area contributed by atoms with Crippen LogP contribution in [0.5, 0.6) is 0 Å². The fraction of sp³-hybridized carbons (Fsp3) is 0.200. The highest BCUT2D eigenvalue weighted by atomic mass is 14.8. The fourth-order valence-electron chi connectivity index (χ4n) is 7.16. The van der Waals surface area contributed by atoms with Gasteiger partial charge in [-0.2, -0.15) is 0 Å². The summed E-state index contributed by atoms with van der Waals surface area (Å²) in [5.74, 6) is 7.73. The molecule has 0 saturated carbocycles. The number of hydrogen-bond acceptors (Lipinski definition) is 2. The molecule has 2 heteroatoms. The molecule has 42 heavy (non-hydrogen) atoms. The Morgan fingerprint density at radius 3 is 2.64 bits per heavy atom. The summed E-state index contributed by atoms with van der Waals surface area (Å²) in [5.41, 5.74) is 21.3. The lowest BCUT2D eigenvalue weighted by Gasteiger charge is -2.38. The van der Waals surface area contributed by atoms with Crippen LogP contribution in [0, 0.1) is 29.6 Å². The third-order valence-electron chi connectivity index (χ3n) is 9.22. The van der Waals surface area contributed by atoms with E-state index in [1.54, 1.807) is 0 Å². The molecule has 8 rings (SSSR count). The van der Waals surface area contributed by atoms with Gasteiger partial charge in [0, 0.05) is 42.6 Å². The van der Waals surface area contributed by atoms with E-state index in [1.807, 2.05) is 6.20 Å². The van der Waals surface area contributed by atoms with Crippen LogP contribution in [0.15, 0.2) is 154 Å². The molecule has 7 aliphatic rings. The molecule has 2 aliphatic heterocycles. The van der Waals surface area contributed by atoms with Gasteiger partial charge in [0.25, 0.3) is 0 Å². The third kappa shape index (κ3) is 4.32. The number of fused-ring (bicyclic) bond motifs is 1. The number of benzene rings is 1. The van der Waals surface area contributed by atoms with Gasteiger partial charge in [-0.25, -0.2) is 0 Å². The predicted molar refractivity (Wildman–Crippen MR) is 172 cm³/mol. The highest BCUT2D eigenvalue weighted by Gasteiger charge is 2.40. The normalized spacial score (nSPS) is 26.4. The number of allylic oxidation sites excluding steroid dienone is 16. The molecule has 0 bridgehead atoms. The van der Waals surface area contributed by atoms with E-state index in [9.17, 15) is 0 Å². The van der Waals surface area contributed by atoms with Crippen LogP contribution in [-0.2, 0) is 0 Å². The van der Waals surface area contributed by atoms with Crippen LogP contribution >= 0.6 is 0 Å². The van der Waals surface area contributed by atoms with Crippen LogP contribution in [-0.4, -0.2) is 13.1 Å². The summed E-state index contributed by atoms with van der Waals surface area (Å²) in [5, 5.41) is 6.65. The molecular formula is C40H32N2. The van der Waals surface area contributed by atoms with Gasteiger partial charge in [-0.05, 0) is 82.7 Å². The molecule has 1 aromatic carbocycles. The molecule has 2 nitrogen and oxygen atoms in total. The minimum atomic E-state index is 0.168. The summed E-state index contributed by atoms with van der Waals surface area (Å²) < 4.78 is 0. The summed E-state index contributed by atoms with van der Waals surface area (Å²) in [6.45, 7) is 1.72. The van der Waals surface area contributed by atoms with Crippen LogP contribution in [0.4, 0.5) is 0 Å². The summed E-state index contributed by atoms with van der Waals surface area (Å²) in [6.07, 6.45) is 32.3. The van der Waals surface area contributed by atoms with Gasteiger partial charge in [0.2, 0.25) is 0 Å². The maximum atomic E-state index is 3.73. The first-order valence-electron chi connectivity index (χ1n) is 15.1. The first-order valence-corrected chi connectivity index (χ1v) is 15.1. The lowest BCUT2D eigenvalue weighted by molar-refractivity contribution is 0.548. The zero-order valence-corrected chi connectivity index (χ0v) is 23.6. The van der Waals surface area contributed by atoms with Gasteiger partial charge >= 0.3 is 0 Å². The third-order valence-corrected chi connectivity index (χ3v) is 9.22. The Kier molecular flexibility index (Phi) is 6.20. The lowest BCUT2D eigenvalue weighted by Crippen LogP contribution is -2.27. The van der Waals surface area contributed by atoms with Gasteiger partial charge in [-0.15, -0.1) is 5.73 Å². The first-order chi connectivity index (χ1) is 20.8. The van der Waals surface area contributed by atoms with Gasteiger partial charge in [0.15, 0.2) is 0 Å². The minimum Gasteiger partial charge on any atom is -0.387 e. The Bertz CT molecular complexity index is 1860. The Morgan fingerprint density at radius 2 is 1.83 bits per heavy atom. The van der Waals surface area contributed by atoms with E-state index in [4.69, 9.17) is 0 Å². The van der Waals surface area contributed by atoms with Crippen molar-refractivity contribution in [3.8, 4) is 11.8 Å². The van der Waals surface area contributed by atoms with Crippen LogP contribution in [0.1, 0.15) is 30.4 Å². The standard InChI is InChI=1S/C40H32N2/c1-2-7-27(8-3-1)31-19-20-37-38(24-31)40(32-18-17-30(23-32)34-10-6-22-42-26-34)36-12-4-11-35(36)39(37)29-15-13-28(14-16-29)33-9-5-21-41-25-33/h2,5-16,19-21,26,31,36,40-42H,1,3,22,24-25H2. The molecule has 202 valence electrons. The lowest BCUT2D eigenvalue weighted by atomic mass is 9.64. The molecule has 0 amide bonds. The second kappa shape index (κ2) is 10.5. The number of dihydropyridines is 2. The van der Waals surface area contributed by atoms with Crippen LogP contribution in [0.2, 0.25) is 0 Å². The number of hydrogen-bond donors (Lipinski definition) is 2. The number of rotatable bonds is 5. The summed E-state index contributed by atoms with van der Waals surface area (Å²) >= 11 is 0. The smallest absolute Gasteiger partial charge is 0.0764 e. The molecule has 2 N–H and O–H groups in total. The van der Waals surface area contributed by atoms with Gasteiger partial charge < -0.3 is 10.6 Å². The molecular weight excluding hydrogens is 508 g/mol. The van der Waals surface area contributed by atoms with Crippen LogP contribution in [0.3, 0.4) is 0 Å². The monoisotopic (exact) mass is 540 g/mol. The molecule has 3 atom stereocenters. The Morgan fingerprint density at radius 1 is 0.905 bits per heavy atom. The SMILES string of the molecule is C1=CC2=C(c3ccc(C4=CC=CNC4)cc3)C3=C(CC(C4=CCCC=C4)C=C3)C(C3=C=C(C4=CNCC=C4)C#C3)C2C=1. The average molecular weight is 541 g/mol. The van der Waals surface area contributed by atoms with Crippen molar-refractivity contribution in [2.24, 2.45) is 17.8 Å². The zero-order chi connectivity index (χ0) is 27.9. The van der Waals surface area contributed by atoms with Crippen molar-refractivity contribution in [3.05, 3.63) is 165 Å². The summed E-state index contributed by atoms with van der Waals surface area (Å²) in [4.78, 5) is 0. The van der Waals surface area contributed by atoms with Gasteiger partial charge in [-0.3, -0.25) is 0 Å². The quantitative estimate of drug-likeness (QED) is 0.297. The van der Waals surface area contributed by atoms with Crippen molar-refractivity contribution in [2.75, 3.05) is 13.1 Å². The van der Waals surface area contributed by atoms with Crippen LogP contribution < -0.4 is 10.6 Å². The second-order valence-electron chi connectivity index (χ2n) is 11.7. The van der Waals surface area contributed by atoms with E-state index >= 15 is 0 Å². The molecule has 0 radical (unpaired) electrons. The first kappa shape index (κ1) is 24.8. The van der Waals surface area contributed by atoms with Crippen molar-refractivity contribution < 1.29 is 0 Å². The summed E-state index contributed by atoms with van der Waals surface area (Å²) in [6, 6.07) is 9.16. The van der Waals surface area contributed by atoms with Gasteiger partial charge in [0.1, 0.15) is 0 Å². The molecule has 2 heterocycles. The van der Waals surface area contributed by atoms with Crippen molar-refractivity contribution >= 4 is 11.1 Å². The molecule has 0 aromatic heterocycles. The van der Waals surface area contributed by atoms with E-state index in [0.29, 0.717) is 5.92 Å². The van der Waals surface area contributed by atoms with E-state index < -0.39 is 0 Å². The predicted octanol–water partition coefficient (Wildman–Crippen LogP) is 7.57. The topological polar surface area (TPSA) is 24.1 Å². The average Bonchev–Trinajstić information content (AvgIpc) is 3.75. The molecule has 0 fully saturated rings. The second-order valence-corrected chi connectivity index (χ2v) is 11.7. The molecule has 3 unspecified atom stereocenters. The maximum absolute atomic E-state index is 3.73. The zero-order valence-electron chi connectivity index (χ0n) is 23.6. The molecule has 0 saturated heterocycles. The van der Waals surface area contributed by atoms with Crippen LogP contribution in [0.25, 0.3) is 11.1 Å². The fourth-order valence-corrected chi connectivity index (χ4v) is 7.16.